The van der Waals surface area contributed by atoms with Gasteiger partial charge >= 0.3 is 8.56 Å². The molecular formula is C15H34O2Si3. The molecule has 5 heteroatoms. The van der Waals surface area contributed by atoms with Crippen molar-refractivity contribution in [2.45, 2.75) is 77.6 Å². The van der Waals surface area contributed by atoms with Crippen molar-refractivity contribution < 1.29 is 8.23 Å². The normalized spacial score (nSPS) is 21.2. The van der Waals surface area contributed by atoms with Crippen molar-refractivity contribution >= 4 is 25.2 Å². The fraction of sp³-hybridized carbons (Fsp3) is 0.867. The molecule has 0 bridgehead atoms. The lowest BCUT2D eigenvalue weighted by Gasteiger charge is -2.39. The summed E-state index contributed by atoms with van der Waals surface area (Å²) in [5.74, 6) is 0.849. The molecule has 0 aromatic rings. The van der Waals surface area contributed by atoms with E-state index in [9.17, 15) is 0 Å². The summed E-state index contributed by atoms with van der Waals surface area (Å²) in [5, 5.41) is 0. The summed E-state index contributed by atoms with van der Waals surface area (Å²) >= 11 is 0. The quantitative estimate of drug-likeness (QED) is 0.453. The average Bonchev–Trinajstić information content (AvgIpc) is 2.23. The van der Waals surface area contributed by atoms with Crippen LogP contribution in [-0.2, 0) is 8.23 Å². The zero-order valence-corrected chi connectivity index (χ0v) is 17.6. The molecule has 0 aliphatic heterocycles. The van der Waals surface area contributed by atoms with Crippen LogP contribution >= 0.6 is 0 Å². The maximum absolute atomic E-state index is 6.56. The number of rotatable bonds is 7. The van der Waals surface area contributed by atoms with Crippen molar-refractivity contribution in [1.29, 1.82) is 0 Å². The van der Waals surface area contributed by atoms with E-state index >= 15 is 0 Å². The van der Waals surface area contributed by atoms with Crippen molar-refractivity contribution in [3.05, 3.63) is 12.2 Å². The van der Waals surface area contributed by atoms with Gasteiger partial charge in [0.05, 0.1) is 0 Å². The summed E-state index contributed by atoms with van der Waals surface area (Å²) in [6.07, 6.45) is 9.82. The van der Waals surface area contributed by atoms with E-state index in [0.29, 0.717) is 0 Å². The van der Waals surface area contributed by atoms with Crippen molar-refractivity contribution in [2.24, 2.45) is 5.92 Å². The summed E-state index contributed by atoms with van der Waals surface area (Å²) in [4.78, 5) is 0. The molecule has 0 saturated heterocycles. The highest BCUT2D eigenvalue weighted by molar-refractivity contribution is 6.87. The van der Waals surface area contributed by atoms with E-state index in [-0.39, 0.29) is 0 Å². The monoisotopic (exact) mass is 330 g/mol. The molecule has 0 N–H and O–H groups in total. The molecule has 0 aromatic heterocycles. The third kappa shape index (κ3) is 7.93. The van der Waals surface area contributed by atoms with Gasteiger partial charge in [0.15, 0.2) is 16.6 Å². The van der Waals surface area contributed by atoms with Gasteiger partial charge in [0.1, 0.15) is 0 Å². The van der Waals surface area contributed by atoms with Crippen LogP contribution in [-0.4, -0.2) is 25.2 Å². The fourth-order valence-corrected chi connectivity index (χ4v) is 15.7. The van der Waals surface area contributed by atoms with E-state index in [1.807, 2.05) is 0 Å². The minimum Gasteiger partial charge on any atom is -0.437 e. The SMILES string of the molecule is C[Si](C)(C)O[Si](C)(CCC1CC=CCC1)O[Si](C)(C)C. The highest BCUT2D eigenvalue weighted by Crippen LogP contribution is 2.30. The van der Waals surface area contributed by atoms with E-state index in [1.54, 1.807) is 0 Å². The third-order valence-corrected chi connectivity index (χ3v) is 13.0. The maximum atomic E-state index is 6.56. The van der Waals surface area contributed by atoms with Crippen LogP contribution in [0.5, 0.6) is 0 Å². The summed E-state index contributed by atoms with van der Waals surface area (Å²) in [6, 6.07) is 1.17. The third-order valence-electron chi connectivity index (χ3n) is 3.43. The van der Waals surface area contributed by atoms with Crippen LogP contribution in [0.3, 0.4) is 0 Å². The Morgan fingerprint density at radius 1 is 0.900 bits per heavy atom. The van der Waals surface area contributed by atoms with Gasteiger partial charge in [0.25, 0.3) is 0 Å². The first-order chi connectivity index (χ1) is 8.99. The van der Waals surface area contributed by atoms with Crippen molar-refractivity contribution in [2.75, 3.05) is 0 Å². The lowest BCUT2D eigenvalue weighted by Crippen LogP contribution is -2.52. The Bertz CT molecular complexity index is 313. The Kier molecular flexibility index (Phi) is 6.47. The topological polar surface area (TPSA) is 18.5 Å². The molecule has 118 valence electrons. The second-order valence-electron chi connectivity index (χ2n) is 8.25. The smallest absolute Gasteiger partial charge is 0.314 e. The molecule has 0 radical (unpaired) electrons. The fourth-order valence-electron chi connectivity index (χ4n) is 3.00. The first-order valence-electron chi connectivity index (χ1n) is 8.04. The van der Waals surface area contributed by atoms with Gasteiger partial charge in [-0.15, -0.1) is 0 Å². The highest BCUT2D eigenvalue weighted by atomic mass is 28.5. The standard InChI is InChI=1S/C15H34O2Si3/c1-18(2,3)16-20(7,17-19(4,5)6)14-13-15-11-9-8-10-12-15/h8-9,15H,10-14H2,1-7H3. The predicted octanol–water partition coefficient (Wildman–Crippen LogP) is 5.51. The van der Waals surface area contributed by atoms with Gasteiger partial charge < -0.3 is 8.23 Å². The van der Waals surface area contributed by atoms with Crippen LogP contribution in [0.15, 0.2) is 12.2 Å². The average molecular weight is 331 g/mol. The van der Waals surface area contributed by atoms with Gasteiger partial charge in [0.2, 0.25) is 0 Å². The zero-order valence-electron chi connectivity index (χ0n) is 14.6. The van der Waals surface area contributed by atoms with Crippen molar-refractivity contribution in [3.8, 4) is 0 Å². The van der Waals surface area contributed by atoms with Crippen LogP contribution in [0.25, 0.3) is 0 Å². The van der Waals surface area contributed by atoms with Crippen LogP contribution in [0.2, 0.25) is 51.9 Å². The lowest BCUT2D eigenvalue weighted by atomic mass is 9.92. The molecule has 0 heterocycles. The highest BCUT2D eigenvalue weighted by Gasteiger charge is 2.40. The Morgan fingerprint density at radius 2 is 1.45 bits per heavy atom. The van der Waals surface area contributed by atoms with Gasteiger partial charge in [-0.25, -0.2) is 0 Å². The van der Waals surface area contributed by atoms with E-state index in [2.05, 4.69) is 58.0 Å². The summed E-state index contributed by atoms with van der Waals surface area (Å²) in [6.45, 7) is 16.0. The Hall–Kier alpha value is 0.311. The zero-order chi connectivity index (χ0) is 15.4. The van der Waals surface area contributed by atoms with Gasteiger partial charge in [-0.3, -0.25) is 0 Å². The Balaban J connectivity index is 2.64. The minimum atomic E-state index is -2.00. The molecule has 0 saturated carbocycles. The molecule has 1 aliphatic carbocycles. The Morgan fingerprint density at radius 3 is 1.85 bits per heavy atom. The number of hydrogen-bond acceptors (Lipinski definition) is 2. The largest absolute Gasteiger partial charge is 0.437 e. The molecule has 1 rings (SSSR count). The molecular weight excluding hydrogens is 296 g/mol. The summed E-state index contributed by atoms with van der Waals surface area (Å²) in [5.41, 5.74) is 0. The van der Waals surface area contributed by atoms with Crippen molar-refractivity contribution in [1.82, 2.24) is 0 Å². The van der Waals surface area contributed by atoms with Crippen molar-refractivity contribution in [3.63, 3.8) is 0 Å². The Labute approximate surface area is 129 Å². The number of hydrogen-bond donors (Lipinski definition) is 0. The van der Waals surface area contributed by atoms with Gasteiger partial charge in [-0.2, -0.15) is 0 Å². The van der Waals surface area contributed by atoms with Gasteiger partial charge in [-0.1, -0.05) is 12.2 Å². The van der Waals surface area contributed by atoms with E-state index < -0.39 is 25.2 Å². The predicted molar refractivity (Wildman–Crippen MR) is 96.4 cm³/mol. The molecule has 1 atom stereocenters. The molecule has 1 aliphatic rings. The summed E-state index contributed by atoms with van der Waals surface area (Å²) < 4.78 is 13.1. The van der Waals surface area contributed by atoms with E-state index in [1.165, 1.54) is 31.7 Å². The van der Waals surface area contributed by atoms with Crippen LogP contribution in [0, 0.1) is 5.92 Å². The van der Waals surface area contributed by atoms with Gasteiger partial charge in [0, 0.05) is 0 Å². The van der Waals surface area contributed by atoms with Crippen LogP contribution in [0.4, 0.5) is 0 Å². The first kappa shape index (κ1) is 18.4. The maximum Gasteiger partial charge on any atom is 0.314 e. The summed E-state index contributed by atoms with van der Waals surface area (Å²) in [7, 11) is -5.07. The molecule has 2 nitrogen and oxygen atoms in total. The molecule has 20 heavy (non-hydrogen) atoms. The second-order valence-corrected chi connectivity index (χ2v) is 21.1. The molecule has 0 amide bonds. The van der Waals surface area contributed by atoms with Crippen LogP contribution < -0.4 is 0 Å². The lowest BCUT2D eigenvalue weighted by molar-refractivity contribution is 0.366. The van der Waals surface area contributed by atoms with Gasteiger partial charge in [-0.05, 0) is 83.5 Å². The van der Waals surface area contributed by atoms with Crippen LogP contribution in [0.1, 0.15) is 25.7 Å². The molecule has 1 unspecified atom stereocenters. The minimum absolute atomic E-state index is 0.849. The van der Waals surface area contributed by atoms with E-state index in [0.717, 1.165) is 5.92 Å². The second kappa shape index (κ2) is 7.05. The van der Waals surface area contributed by atoms with E-state index in [4.69, 9.17) is 8.23 Å². The molecule has 0 aromatic carbocycles. The molecule has 0 spiro atoms. The molecule has 0 fully saturated rings. The first-order valence-corrected chi connectivity index (χ1v) is 17.4. The number of allylic oxidation sites excluding steroid dienone is 2.